The van der Waals surface area contributed by atoms with Crippen molar-refractivity contribution in [2.45, 2.75) is 212 Å². The summed E-state index contributed by atoms with van der Waals surface area (Å²) in [5.74, 6) is 1.07. The van der Waals surface area contributed by atoms with Gasteiger partial charge in [0.1, 0.15) is 12.7 Å². The Labute approximate surface area is 317 Å². The Kier molecular flexibility index (Phi) is 31.4. The molecule has 0 heterocycles. The molecule has 0 aromatic rings. The fourth-order valence-electron chi connectivity index (χ4n) is 6.76. The number of aliphatic hydroxyl groups excluding tert-OH is 2. The third-order valence-corrected chi connectivity index (χ3v) is 11.2. The summed E-state index contributed by atoms with van der Waals surface area (Å²) in [6, 6.07) is 0. The van der Waals surface area contributed by atoms with Gasteiger partial charge in [0.2, 0.25) is 0 Å². The second-order valence-corrected chi connectivity index (χ2v) is 16.8. The first-order valence-corrected chi connectivity index (χ1v) is 23.0. The molecule has 1 fully saturated rings. The van der Waals surface area contributed by atoms with Crippen molar-refractivity contribution < 1.29 is 47.8 Å². The predicted octanol–water partition coefficient (Wildman–Crippen LogP) is 10.5. The average Bonchev–Trinajstić information content (AvgIpc) is 3.89. The van der Waals surface area contributed by atoms with Crippen molar-refractivity contribution in [3.63, 3.8) is 0 Å². The van der Waals surface area contributed by atoms with E-state index < -0.39 is 51.8 Å². The molecule has 0 aliphatic heterocycles. The van der Waals surface area contributed by atoms with Crippen LogP contribution in [0.15, 0.2) is 0 Å². The van der Waals surface area contributed by atoms with Gasteiger partial charge in [0, 0.05) is 12.8 Å². The van der Waals surface area contributed by atoms with E-state index in [0.29, 0.717) is 12.8 Å². The van der Waals surface area contributed by atoms with Crippen LogP contribution in [0.1, 0.15) is 200 Å². The molecule has 308 valence electrons. The number of esters is 2. The number of phosphoric acid groups is 1. The molecule has 0 spiro atoms. The first kappa shape index (κ1) is 49.0. The summed E-state index contributed by atoms with van der Waals surface area (Å²) >= 11 is 0. The van der Waals surface area contributed by atoms with E-state index in [4.69, 9.17) is 23.6 Å². The molecule has 1 aliphatic rings. The molecule has 1 aliphatic carbocycles. The zero-order valence-electron chi connectivity index (χ0n) is 33.3. The van der Waals surface area contributed by atoms with Crippen molar-refractivity contribution in [3.05, 3.63) is 0 Å². The maximum absolute atomic E-state index is 12.6. The number of phosphoric ester groups is 1. The summed E-state index contributed by atoms with van der Waals surface area (Å²) in [5, 5.41) is 18.3. The van der Waals surface area contributed by atoms with Crippen LogP contribution in [-0.4, -0.2) is 65.7 Å². The first-order valence-electron chi connectivity index (χ1n) is 21.5. The molecule has 0 radical (unpaired) electrons. The number of hydrogen-bond donors (Lipinski definition) is 3. The quantitative estimate of drug-likeness (QED) is 0.0314. The molecular formula is C41H79O10P. The van der Waals surface area contributed by atoms with Crippen molar-refractivity contribution in [1.82, 2.24) is 0 Å². The minimum atomic E-state index is -4.61. The molecule has 0 saturated heterocycles. The summed E-state index contributed by atoms with van der Waals surface area (Å²) in [6.07, 6.45) is 31.1. The van der Waals surface area contributed by atoms with Gasteiger partial charge in [0.25, 0.3) is 0 Å². The SMILES string of the molecule is CCCCCCCCCCCCCCCC(=O)OC[C@H](COP(=O)(O)OC[C@@H](O)CO)OC(=O)CCCCCCCCC[C@@H]1C[C@@H]1CCCCCC. The first-order chi connectivity index (χ1) is 25.2. The lowest BCUT2D eigenvalue weighted by atomic mass is 10.0. The van der Waals surface area contributed by atoms with E-state index >= 15 is 0 Å². The van der Waals surface area contributed by atoms with E-state index in [9.17, 15) is 24.2 Å². The van der Waals surface area contributed by atoms with Gasteiger partial charge in [-0.1, -0.05) is 168 Å². The summed E-state index contributed by atoms with van der Waals surface area (Å²) in [7, 11) is -4.61. The van der Waals surface area contributed by atoms with Crippen LogP contribution < -0.4 is 0 Å². The normalized spacial score (nSPS) is 17.8. The van der Waals surface area contributed by atoms with Gasteiger partial charge in [-0.3, -0.25) is 18.6 Å². The van der Waals surface area contributed by atoms with Crippen molar-refractivity contribution in [3.8, 4) is 0 Å². The second-order valence-electron chi connectivity index (χ2n) is 15.3. The van der Waals surface area contributed by atoms with Crippen LogP contribution in [0.2, 0.25) is 0 Å². The van der Waals surface area contributed by atoms with Gasteiger partial charge < -0.3 is 24.6 Å². The maximum Gasteiger partial charge on any atom is 0.472 e. The fraction of sp³-hybridized carbons (Fsp3) is 0.951. The molecule has 52 heavy (non-hydrogen) atoms. The second kappa shape index (κ2) is 33.3. The van der Waals surface area contributed by atoms with Gasteiger partial charge in [-0.25, -0.2) is 4.57 Å². The molecule has 1 saturated carbocycles. The Morgan fingerprint density at radius 3 is 1.48 bits per heavy atom. The van der Waals surface area contributed by atoms with E-state index in [0.717, 1.165) is 43.9 Å². The van der Waals surface area contributed by atoms with E-state index in [2.05, 4.69) is 13.8 Å². The third kappa shape index (κ3) is 30.3. The monoisotopic (exact) mass is 763 g/mol. The van der Waals surface area contributed by atoms with Crippen molar-refractivity contribution in [2.24, 2.45) is 11.8 Å². The zero-order valence-corrected chi connectivity index (χ0v) is 34.2. The molecule has 11 heteroatoms. The molecule has 0 amide bonds. The lowest BCUT2D eigenvalue weighted by Gasteiger charge is -2.20. The lowest BCUT2D eigenvalue weighted by molar-refractivity contribution is -0.161. The Morgan fingerprint density at radius 2 is 1.00 bits per heavy atom. The van der Waals surface area contributed by atoms with Crippen LogP contribution in [-0.2, 0) is 32.7 Å². The number of rotatable bonds is 39. The highest BCUT2D eigenvalue weighted by molar-refractivity contribution is 7.47. The highest BCUT2D eigenvalue weighted by atomic mass is 31.2. The van der Waals surface area contributed by atoms with Crippen LogP contribution >= 0.6 is 7.82 Å². The van der Waals surface area contributed by atoms with Crippen LogP contribution in [0.4, 0.5) is 0 Å². The molecule has 0 aromatic heterocycles. The number of carbonyl (C=O) groups excluding carboxylic acids is 2. The molecule has 0 bridgehead atoms. The predicted molar refractivity (Wildman–Crippen MR) is 208 cm³/mol. The standard InChI is InChI=1S/C41H79O10P/c1-3-5-7-9-10-11-12-13-14-15-18-21-25-29-40(44)48-34-39(35-50-52(46,47)49-33-38(43)32-42)51-41(45)30-26-22-19-16-17-20-24-28-37-31-36(37)27-23-8-6-4-2/h36-39,42-43H,3-35H2,1-2H3,(H,46,47)/t36-,37+,38-,39+/m0/s1. The van der Waals surface area contributed by atoms with Crippen molar-refractivity contribution in [2.75, 3.05) is 26.4 Å². The third-order valence-electron chi connectivity index (χ3n) is 10.2. The van der Waals surface area contributed by atoms with Gasteiger partial charge in [0.05, 0.1) is 19.8 Å². The van der Waals surface area contributed by atoms with Crippen LogP contribution in [0, 0.1) is 11.8 Å². The molecule has 0 aromatic carbocycles. The number of hydrogen-bond acceptors (Lipinski definition) is 9. The Hall–Kier alpha value is -1.03. The van der Waals surface area contributed by atoms with Gasteiger partial charge in [-0.05, 0) is 31.1 Å². The van der Waals surface area contributed by atoms with Crippen LogP contribution in [0.3, 0.4) is 0 Å². The number of unbranched alkanes of at least 4 members (excludes halogenated alkanes) is 21. The lowest BCUT2D eigenvalue weighted by Crippen LogP contribution is -2.29. The topological polar surface area (TPSA) is 149 Å². The van der Waals surface area contributed by atoms with Gasteiger partial charge in [-0.2, -0.15) is 0 Å². The van der Waals surface area contributed by atoms with Crippen molar-refractivity contribution >= 4 is 19.8 Å². The summed E-state index contributed by atoms with van der Waals surface area (Å²) < 4.78 is 32.7. The molecule has 5 atom stereocenters. The van der Waals surface area contributed by atoms with Crippen molar-refractivity contribution in [1.29, 1.82) is 0 Å². The minimum absolute atomic E-state index is 0.195. The molecule has 10 nitrogen and oxygen atoms in total. The smallest absolute Gasteiger partial charge is 0.462 e. The summed E-state index contributed by atoms with van der Waals surface area (Å²) in [4.78, 5) is 35.0. The number of carbonyl (C=O) groups is 2. The summed E-state index contributed by atoms with van der Waals surface area (Å²) in [5.41, 5.74) is 0. The number of aliphatic hydroxyl groups is 2. The molecule has 1 unspecified atom stereocenters. The Morgan fingerprint density at radius 1 is 0.596 bits per heavy atom. The minimum Gasteiger partial charge on any atom is -0.462 e. The highest BCUT2D eigenvalue weighted by Crippen LogP contribution is 2.46. The van der Waals surface area contributed by atoms with E-state index in [1.807, 2.05) is 0 Å². The maximum atomic E-state index is 12.6. The Bertz CT molecular complexity index is 903. The fourth-order valence-corrected chi connectivity index (χ4v) is 7.55. The van der Waals surface area contributed by atoms with Gasteiger partial charge in [0.15, 0.2) is 6.10 Å². The van der Waals surface area contributed by atoms with E-state index in [-0.39, 0.29) is 19.4 Å². The molecule has 1 rings (SSSR count). The van der Waals surface area contributed by atoms with E-state index in [1.165, 1.54) is 128 Å². The average molecular weight is 763 g/mol. The largest absolute Gasteiger partial charge is 0.472 e. The summed E-state index contributed by atoms with van der Waals surface area (Å²) in [6.45, 7) is 2.43. The zero-order chi connectivity index (χ0) is 38.1. The van der Waals surface area contributed by atoms with E-state index in [1.54, 1.807) is 0 Å². The van der Waals surface area contributed by atoms with Gasteiger partial charge in [-0.15, -0.1) is 0 Å². The van der Waals surface area contributed by atoms with Gasteiger partial charge >= 0.3 is 19.8 Å². The highest BCUT2D eigenvalue weighted by Gasteiger charge is 2.35. The molecule has 3 N–H and O–H groups in total. The van der Waals surface area contributed by atoms with Crippen LogP contribution in [0.5, 0.6) is 0 Å². The Balaban J connectivity index is 2.24. The molecular weight excluding hydrogens is 683 g/mol. The van der Waals surface area contributed by atoms with Crippen LogP contribution in [0.25, 0.3) is 0 Å². The number of ether oxygens (including phenoxy) is 2.